The molecule has 0 fully saturated rings. The van der Waals surface area contributed by atoms with Crippen LogP contribution >= 0.6 is 0 Å². The van der Waals surface area contributed by atoms with Crippen LogP contribution in [0.25, 0.3) is 10.8 Å². The van der Waals surface area contributed by atoms with Crippen LogP contribution < -0.4 is 9.47 Å². The van der Waals surface area contributed by atoms with Gasteiger partial charge in [0.1, 0.15) is 36.1 Å². The molecule has 4 aromatic carbocycles. The molecule has 7 nitrogen and oxygen atoms in total. The van der Waals surface area contributed by atoms with E-state index in [2.05, 4.69) is 42.4 Å². The highest BCUT2D eigenvalue weighted by Crippen LogP contribution is 2.36. The molecule has 0 aromatic heterocycles. The lowest BCUT2D eigenvalue weighted by Gasteiger charge is -2.28. The molecule has 1 aliphatic carbocycles. The molecule has 276 valence electrons. The number of unbranched alkanes of at least 4 members (excludes halogenated alkanes) is 1. The molecule has 0 spiro atoms. The number of rotatable bonds is 10. The van der Waals surface area contributed by atoms with Crippen LogP contribution in [0.3, 0.4) is 0 Å². The number of hydrogen-bond acceptors (Lipinski definition) is 7. The molecule has 6 bridgehead atoms. The zero-order valence-corrected chi connectivity index (χ0v) is 30.8. The van der Waals surface area contributed by atoms with Crippen molar-refractivity contribution in [3.63, 3.8) is 0 Å². The quantitative estimate of drug-likeness (QED) is 0.111. The second-order valence-corrected chi connectivity index (χ2v) is 14.2. The zero-order chi connectivity index (χ0) is 37.2. The first-order valence-electron chi connectivity index (χ1n) is 18.8. The first kappa shape index (κ1) is 37.6. The highest BCUT2D eigenvalue weighted by atomic mass is 16.5. The number of carbonyl (C=O) groups excluding carboxylic acids is 1. The minimum atomic E-state index is -0.490. The average molecular weight is 715 g/mol. The van der Waals surface area contributed by atoms with Crippen LogP contribution in [0.15, 0.2) is 90.7 Å². The van der Waals surface area contributed by atoms with Gasteiger partial charge in [0, 0.05) is 24.8 Å². The minimum absolute atomic E-state index is 0.0140. The van der Waals surface area contributed by atoms with Gasteiger partial charge < -0.3 is 29.5 Å². The Morgan fingerprint density at radius 2 is 1.79 bits per heavy atom. The Hall–Kier alpha value is -5.19. The molecule has 2 heterocycles. The third kappa shape index (κ3) is 9.63. The van der Waals surface area contributed by atoms with Gasteiger partial charge in [-0.25, -0.2) is 0 Å². The largest absolute Gasteiger partial charge is 0.508 e. The van der Waals surface area contributed by atoms with E-state index in [-0.39, 0.29) is 55.2 Å². The van der Waals surface area contributed by atoms with E-state index in [0.29, 0.717) is 48.3 Å². The van der Waals surface area contributed by atoms with Gasteiger partial charge in [-0.05, 0) is 131 Å². The van der Waals surface area contributed by atoms with Gasteiger partial charge in [-0.15, -0.1) is 0 Å². The highest BCUT2D eigenvalue weighted by Gasteiger charge is 2.27. The molecule has 0 amide bonds. The summed E-state index contributed by atoms with van der Waals surface area (Å²) in [5, 5.41) is 33.9. The van der Waals surface area contributed by atoms with Crippen LogP contribution in [-0.4, -0.2) is 34.3 Å². The summed E-state index contributed by atoms with van der Waals surface area (Å²) < 4.78 is 18.1. The molecular weight excluding hydrogens is 664 g/mol. The van der Waals surface area contributed by atoms with Gasteiger partial charge in [-0.3, -0.25) is 4.79 Å². The number of ketones is 1. The van der Waals surface area contributed by atoms with Crippen LogP contribution in [0.1, 0.15) is 78.8 Å². The number of hydrogen-bond donors (Lipinski definition) is 3. The fraction of sp³-hybridized carbons (Fsp3) is 0.370. The van der Waals surface area contributed by atoms with Crippen LogP contribution in [-0.2, 0) is 48.4 Å². The second-order valence-electron chi connectivity index (χ2n) is 14.2. The first-order valence-corrected chi connectivity index (χ1v) is 18.8. The summed E-state index contributed by atoms with van der Waals surface area (Å²) in [6.07, 6.45) is 14.7. The van der Waals surface area contributed by atoms with E-state index in [4.69, 9.17) is 14.2 Å². The van der Waals surface area contributed by atoms with Crippen LogP contribution in [0.4, 0.5) is 0 Å². The molecule has 0 radical (unpaired) electrons. The maximum Gasteiger partial charge on any atom is 0.161 e. The summed E-state index contributed by atoms with van der Waals surface area (Å²) in [7, 11) is 1.60. The lowest BCUT2D eigenvalue weighted by Crippen LogP contribution is -2.24. The maximum atomic E-state index is 13.5. The SMILES string of the molecule is CCc1cc(O)c2c3cc(CO)c(cc13)COc1cc(ccc1OC)CCC(=O)C[C@H](C[C@H]1C=C(O)C=C[C@@H]1CCCCc1ccccc1)OC#CC2. The molecule has 0 saturated heterocycles. The van der Waals surface area contributed by atoms with Gasteiger partial charge >= 0.3 is 0 Å². The molecule has 0 saturated carbocycles. The predicted molar refractivity (Wildman–Crippen MR) is 208 cm³/mol. The molecule has 3 N–H and O–H groups in total. The molecule has 3 atom stereocenters. The standard InChI is InChI=1S/C46H50O7/c1-3-33-27-44(50)41-14-9-21-52-40(24-35-23-38(48)19-17-34(35)13-8-7-12-31-10-5-4-6-11-31)28-39(49)18-15-32-16-20-45(51-2)46(22-32)53-30-37-26-42(33)43(41)25-36(37)29-47/h4-6,10-11,16-17,19-20,22-23,25-27,34-35,40,47-48,50H,3,7-8,12-15,18,24,28-30H2,1-2H3/t34-,35+,40-/m0/s1. The fourth-order valence-corrected chi connectivity index (χ4v) is 7.61. The number of aliphatic hydroxyl groups excluding tert-OH is 2. The van der Waals surface area contributed by atoms with Gasteiger partial charge in [0.25, 0.3) is 0 Å². The van der Waals surface area contributed by atoms with Crippen molar-refractivity contribution in [2.75, 3.05) is 7.11 Å². The van der Waals surface area contributed by atoms with Crippen molar-refractivity contribution < 1.29 is 34.3 Å². The van der Waals surface area contributed by atoms with Crippen LogP contribution in [0, 0.1) is 23.9 Å². The average Bonchev–Trinajstić information content (AvgIpc) is 3.17. The molecule has 4 aromatic rings. The normalized spacial score (nSPS) is 19.0. The Kier molecular flexibility index (Phi) is 12.8. The lowest BCUT2D eigenvalue weighted by molar-refractivity contribution is -0.121. The number of allylic oxidation sites excluding steroid dienone is 3. The van der Waals surface area contributed by atoms with Crippen molar-refractivity contribution in [1.82, 2.24) is 0 Å². The number of ether oxygens (including phenoxy) is 3. The number of benzene rings is 4. The summed E-state index contributed by atoms with van der Waals surface area (Å²) in [5.74, 6) is 4.87. The number of phenols is 1. The van der Waals surface area contributed by atoms with E-state index in [1.54, 1.807) is 19.3 Å². The monoisotopic (exact) mass is 714 g/mol. The molecule has 7 rings (SSSR count). The molecule has 2 aliphatic heterocycles. The van der Waals surface area contributed by atoms with E-state index in [9.17, 15) is 20.1 Å². The van der Waals surface area contributed by atoms with Crippen molar-refractivity contribution in [2.24, 2.45) is 11.8 Å². The van der Waals surface area contributed by atoms with Crippen LogP contribution in [0.2, 0.25) is 0 Å². The van der Waals surface area contributed by atoms with E-state index in [0.717, 1.165) is 53.1 Å². The summed E-state index contributed by atoms with van der Waals surface area (Å²) in [6, 6.07) is 22.0. The molecule has 53 heavy (non-hydrogen) atoms. The third-order valence-corrected chi connectivity index (χ3v) is 10.6. The van der Waals surface area contributed by atoms with E-state index >= 15 is 0 Å². The van der Waals surface area contributed by atoms with E-state index < -0.39 is 6.10 Å². The summed E-state index contributed by atoms with van der Waals surface area (Å²) in [4.78, 5) is 13.5. The smallest absolute Gasteiger partial charge is 0.161 e. The second kappa shape index (κ2) is 18.0. The topological polar surface area (TPSA) is 105 Å². The number of aliphatic hydroxyl groups is 2. The lowest BCUT2D eigenvalue weighted by atomic mass is 9.80. The van der Waals surface area contributed by atoms with Crippen molar-refractivity contribution in [2.45, 2.75) is 90.4 Å². The molecule has 7 heteroatoms. The van der Waals surface area contributed by atoms with Crippen molar-refractivity contribution >= 4 is 16.6 Å². The van der Waals surface area contributed by atoms with Crippen molar-refractivity contribution in [1.29, 1.82) is 0 Å². The van der Waals surface area contributed by atoms with Gasteiger partial charge in [0.05, 0.1) is 13.7 Å². The number of aromatic hydroxyl groups is 1. The van der Waals surface area contributed by atoms with E-state index in [1.165, 1.54) is 5.56 Å². The van der Waals surface area contributed by atoms with Crippen LogP contribution in [0.5, 0.6) is 17.2 Å². The Morgan fingerprint density at radius 1 is 0.943 bits per heavy atom. The Labute approximate surface area is 312 Å². The van der Waals surface area contributed by atoms with Gasteiger partial charge in [0.15, 0.2) is 11.5 Å². The Balaban J connectivity index is 1.28. The van der Waals surface area contributed by atoms with Gasteiger partial charge in [-0.1, -0.05) is 61.7 Å². The third-order valence-electron chi connectivity index (χ3n) is 10.6. The predicted octanol–water partition coefficient (Wildman–Crippen LogP) is 9.03. The first-order chi connectivity index (χ1) is 25.8. The number of carbonyl (C=O) groups is 1. The summed E-state index contributed by atoms with van der Waals surface area (Å²) >= 11 is 0. The van der Waals surface area contributed by atoms with Gasteiger partial charge in [0.2, 0.25) is 0 Å². The van der Waals surface area contributed by atoms with Crippen molar-refractivity contribution in [3.05, 3.63) is 124 Å². The fourth-order valence-electron chi connectivity index (χ4n) is 7.61. The Bertz CT molecular complexity index is 2020. The number of methoxy groups -OCH3 is 1. The molecule has 3 aliphatic rings. The number of phenolic OH excluding ortho intramolecular Hbond substituents is 1. The molecule has 0 unspecified atom stereocenters. The zero-order valence-electron chi connectivity index (χ0n) is 30.8. The number of aryl methyl sites for hydroxylation is 3. The molecular formula is C46H50O7. The number of Topliss-reactive ketones (excluding diaryl/α,β-unsaturated/α-hetero) is 1. The summed E-state index contributed by atoms with van der Waals surface area (Å²) in [6.45, 7) is 2.05. The van der Waals surface area contributed by atoms with Gasteiger partial charge in [-0.2, -0.15) is 0 Å². The number of fused-ring (bicyclic) bond motifs is 9. The van der Waals surface area contributed by atoms with E-state index in [1.807, 2.05) is 49.4 Å². The minimum Gasteiger partial charge on any atom is -0.508 e. The van der Waals surface area contributed by atoms with Crippen molar-refractivity contribution in [3.8, 4) is 29.3 Å². The highest BCUT2D eigenvalue weighted by molar-refractivity contribution is 5.92. The summed E-state index contributed by atoms with van der Waals surface area (Å²) in [5.41, 5.74) is 5.43. The maximum absolute atomic E-state index is 13.5. The Morgan fingerprint density at radius 3 is 2.58 bits per heavy atom.